The van der Waals surface area contributed by atoms with Gasteiger partial charge in [0.1, 0.15) is 5.70 Å². The molecule has 2 amide bonds. The molecule has 0 radical (unpaired) electrons. The van der Waals surface area contributed by atoms with Crippen LogP contribution in [0.5, 0.6) is 0 Å². The number of imide groups is 1. The summed E-state index contributed by atoms with van der Waals surface area (Å²) in [4.78, 5) is 30.4. The zero-order chi connectivity index (χ0) is 22.0. The average molecular weight is 419 g/mol. The van der Waals surface area contributed by atoms with Gasteiger partial charge in [-0.1, -0.05) is 48.5 Å². The Morgan fingerprint density at radius 2 is 1.77 bits per heavy atom. The lowest BCUT2D eigenvalue weighted by molar-refractivity contribution is -0.137. The first-order valence-electron chi connectivity index (χ1n) is 11.1. The molecule has 31 heavy (non-hydrogen) atoms. The van der Waals surface area contributed by atoms with Gasteiger partial charge >= 0.3 is 0 Å². The van der Waals surface area contributed by atoms with Crippen LogP contribution in [0.25, 0.3) is 5.57 Å². The van der Waals surface area contributed by atoms with Crippen LogP contribution in [-0.2, 0) is 16.0 Å². The molecular formula is C26H30N2O3. The number of carbonyl (C=O) groups excluding carboxylic acids is 2. The zero-order valence-corrected chi connectivity index (χ0v) is 18.3. The molecule has 1 saturated heterocycles. The number of rotatable bonds is 6. The van der Waals surface area contributed by atoms with E-state index in [1.807, 2.05) is 67.3 Å². The number of aliphatic hydroxyl groups is 1. The first-order chi connectivity index (χ1) is 15.0. The van der Waals surface area contributed by atoms with Crippen molar-refractivity contribution in [3.8, 4) is 0 Å². The minimum absolute atomic E-state index is 0.0998. The molecule has 2 aliphatic heterocycles. The van der Waals surface area contributed by atoms with Crippen LogP contribution in [0.3, 0.4) is 0 Å². The highest BCUT2D eigenvalue weighted by Gasteiger charge is 2.42. The molecule has 0 saturated carbocycles. The van der Waals surface area contributed by atoms with Crippen LogP contribution in [0.2, 0.25) is 0 Å². The first-order valence-corrected chi connectivity index (χ1v) is 11.1. The van der Waals surface area contributed by atoms with Crippen molar-refractivity contribution in [1.29, 1.82) is 0 Å². The van der Waals surface area contributed by atoms with Crippen molar-refractivity contribution in [2.45, 2.75) is 33.1 Å². The summed E-state index contributed by atoms with van der Waals surface area (Å²) in [6.45, 7) is 5.85. The van der Waals surface area contributed by atoms with Crippen LogP contribution in [0.1, 0.15) is 35.1 Å². The molecule has 2 aliphatic rings. The molecule has 0 aliphatic carbocycles. The smallest absolute Gasteiger partial charge is 0.277 e. The lowest BCUT2D eigenvalue weighted by Gasteiger charge is -2.34. The van der Waals surface area contributed by atoms with E-state index < -0.39 is 0 Å². The fourth-order valence-electron chi connectivity index (χ4n) is 4.52. The predicted octanol–water partition coefficient (Wildman–Crippen LogP) is 3.33. The van der Waals surface area contributed by atoms with Gasteiger partial charge in [-0.05, 0) is 61.3 Å². The van der Waals surface area contributed by atoms with Gasteiger partial charge in [-0.2, -0.15) is 0 Å². The van der Waals surface area contributed by atoms with Crippen LogP contribution in [-0.4, -0.2) is 53.0 Å². The molecule has 2 aromatic rings. The minimum Gasteiger partial charge on any atom is -0.396 e. The highest BCUT2D eigenvalue weighted by molar-refractivity contribution is 6.35. The SMILES string of the molecule is Cc1ccc(C2=C(N3CCCC(CO)C3)C(=O)N(CCc3ccccc3)C2=O)cc1C. The van der Waals surface area contributed by atoms with E-state index in [0.717, 1.165) is 41.6 Å². The van der Waals surface area contributed by atoms with Crippen LogP contribution in [0, 0.1) is 19.8 Å². The first kappa shape index (κ1) is 21.3. The van der Waals surface area contributed by atoms with E-state index in [9.17, 15) is 14.7 Å². The third-order valence-corrected chi connectivity index (χ3v) is 6.50. The van der Waals surface area contributed by atoms with Crippen molar-refractivity contribution < 1.29 is 14.7 Å². The van der Waals surface area contributed by atoms with Gasteiger partial charge in [-0.25, -0.2) is 0 Å². The number of aliphatic hydroxyl groups excluding tert-OH is 1. The molecule has 4 rings (SSSR count). The maximum Gasteiger partial charge on any atom is 0.277 e. The lowest BCUT2D eigenvalue weighted by Crippen LogP contribution is -2.41. The summed E-state index contributed by atoms with van der Waals surface area (Å²) < 4.78 is 0. The summed E-state index contributed by atoms with van der Waals surface area (Å²) in [5, 5.41) is 9.68. The predicted molar refractivity (Wildman–Crippen MR) is 121 cm³/mol. The molecule has 162 valence electrons. The van der Waals surface area contributed by atoms with Gasteiger partial charge in [0.15, 0.2) is 0 Å². The number of benzene rings is 2. The monoisotopic (exact) mass is 418 g/mol. The largest absolute Gasteiger partial charge is 0.396 e. The van der Waals surface area contributed by atoms with Gasteiger partial charge in [0, 0.05) is 26.2 Å². The van der Waals surface area contributed by atoms with E-state index in [4.69, 9.17) is 0 Å². The molecule has 5 heteroatoms. The number of amides is 2. The number of likely N-dealkylation sites (tertiary alicyclic amines) is 1. The van der Waals surface area contributed by atoms with Crippen LogP contribution >= 0.6 is 0 Å². The fraction of sp³-hybridized carbons (Fsp3) is 0.385. The van der Waals surface area contributed by atoms with Crippen LogP contribution < -0.4 is 0 Å². The summed E-state index contributed by atoms with van der Waals surface area (Å²) in [6, 6.07) is 15.9. The highest BCUT2D eigenvalue weighted by Crippen LogP contribution is 2.34. The van der Waals surface area contributed by atoms with Crippen molar-refractivity contribution in [2.75, 3.05) is 26.2 Å². The molecule has 2 aromatic carbocycles. The van der Waals surface area contributed by atoms with E-state index in [0.29, 0.717) is 30.8 Å². The van der Waals surface area contributed by atoms with E-state index in [1.165, 1.54) is 4.90 Å². The van der Waals surface area contributed by atoms with Crippen molar-refractivity contribution >= 4 is 17.4 Å². The summed E-state index contributed by atoms with van der Waals surface area (Å²) in [6.07, 6.45) is 2.48. The van der Waals surface area contributed by atoms with Crippen molar-refractivity contribution in [2.24, 2.45) is 5.92 Å². The number of hydrogen-bond acceptors (Lipinski definition) is 4. The Bertz CT molecular complexity index is 1010. The van der Waals surface area contributed by atoms with E-state index in [1.54, 1.807) is 0 Å². The summed E-state index contributed by atoms with van der Waals surface area (Å²) in [5.41, 5.74) is 5.15. The Morgan fingerprint density at radius 1 is 1.00 bits per heavy atom. The Balaban J connectivity index is 1.69. The molecule has 5 nitrogen and oxygen atoms in total. The summed E-state index contributed by atoms with van der Waals surface area (Å²) in [5.74, 6) is -0.304. The van der Waals surface area contributed by atoms with E-state index >= 15 is 0 Å². The Kier molecular flexibility index (Phi) is 6.23. The summed E-state index contributed by atoms with van der Waals surface area (Å²) in [7, 11) is 0. The third-order valence-electron chi connectivity index (χ3n) is 6.50. The molecule has 1 fully saturated rings. The standard InChI is InChI=1S/C26H30N2O3/c1-18-10-11-22(15-19(18)2)23-24(27-13-6-9-21(16-27)17-29)26(31)28(25(23)30)14-12-20-7-4-3-5-8-20/h3-5,7-8,10-11,15,21,29H,6,9,12-14,16-17H2,1-2H3. The maximum absolute atomic E-state index is 13.5. The van der Waals surface area contributed by atoms with Gasteiger partial charge in [-0.15, -0.1) is 0 Å². The Labute approximate surface area is 184 Å². The van der Waals surface area contributed by atoms with Gasteiger partial charge < -0.3 is 10.0 Å². The molecular weight excluding hydrogens is 388 g/mol. The van der Waals surface area contributed by atoms with Gasteiger partial charge in [0.25, 0.3) is 11.8 Å². The van der Waals surface area contributed by atoms with Crippen LogP contribution in [0.4, 0.5) is 0 Å². The zero-order valence-electron chi connectivity index (χ0n) is 18.3. The molecule has 1 atom stereocenters. The van der Waals surface area contributed by atoms with Crippen molar-refractivity contribution in [1.82, 2.24) is 9.80 Å². The Hall–Kier alpha value is -2.92. The maximum atomic E-state index is 13.5. The quantitative estimate of drug-likeness (QED) is 0.731. The van der Waals surface area contributed by atoms with Gasteiger partial charge in [0.05, 0.1) is 5.57 Å². The normalized spacial score (nSPS) is 19.5. The van der Waals surface area contributed by atoms with E-state index in [2.05, 4.69) is 0 Å². The number of hydrogen-bond donors (Lipinski definition) is 1. The molecule has 1 unspecified atom stereocenters. The Morgan fingerprint density at radius 3 is 2.48 bits per heavy atom. The van der Waals surface area contributed by atoms with E-state index in [-0.39, 0.29) is 24.3 Å². The third kappa shape index (κ3) is 4.28. The summed E-state index contributed by atoms with van der Waals surface area (Å²) >= 11 is 0. The van der Waals surface area contributed by atoms with Crippen LogP contribution in [0.15, 0.2) is 54.2 Å². The fourth-order valence-corrected chi connectivity index (χ4v) is 4.52. The molecule has 2 heterocycles. The number of carbonyl (C=O) groups is 2. The van der Waals surface area contributed by atoms with Gasteiger partial charge in [0.2, 0.25) is 0 Å². The molecule has 0 bridgehead atoms. The lowest BCUT2D eigenvalue weighted by atomic mass is 9.96. The van der Waals surface area contributed by atoms with Gasteiger partial charge in [-0.3, -0.25) is 14.5 Å². The average Bonchev–Trinajstić information content (AvgIpc) is 3.04. The molecule has 0 aromatic heterocycles. The second kappa shape index (κ2) is 9.06. The second-order valence-corrected chi connectivity index (χ2v) is 8.66. The number of aryl methyl sites for hydroxylation is 2. The highest BCUT2D eigenvalue weighted by atomic mass is 16.3. The second-order valence-electron chi connectivity index (χ2n) is 8.66. The number of piperidine rings is 1. The van der Waals surface area contributed by atoms with Crippen molar-refractivity contribution in [3.05, 3.63) is 76.5 Å². The minimum atomic E-state index is -0.217. The van der Waals surface area contributed by atoms with Crippen molar-refractivity contribution in [3.63, 3.8) is 0 Å². The molecule has 1 N–H and O–H groups in total. The number of nitrogens with zero attached hydrogens (tertiary/aromatic N) is 2. The molecule has 0 spiro atoms. The topological polar surface area (TPSA) is 60.9 Å².